The van der Waals surface area contributed by atoms with Crippen LogP contribution in [0, 0.1) is 0 Å². The Labute approximate surface area is 165 Å². The monoisotopic (exact) mass is 400 g/mol. The van der Waals surface area contributed by atoms with Crippen molar-refractivity contribution in [3.63, 3.8) is 0 Å². The quantitative estimate of drug-likeness (QED) is 0.637. The maximum Gasteiger partial charge on any atom is 0.273 e. The summed E-state index contributed by atoms with van der Waals surface area (Å²) in [5, 5.41) is 0.840. The number of para-hydroxylation sites is 1. The predicted octanol–water partition coefficient (Wildman–Crippen LogP) is 1.91. The molecule has 28 heavy (non-hydrogen) atoms. The van der Waals surface area contributed by atoms with Gasteiger partial charge in [-0.05, 0) is 30.3 Å². The SMILES string of the molecule is COc1ccc(Cl)cc1C(=O)NNC(=O)CCn1cnc2ccccc2c1=O. The van der Waals surface area contributed by atoms with Gasteiger partial charge in [-0.25, -0.2) is 4.98 Å². The summed E-state index contributed by atoms with van der Waals surface area (Å²) in [4.78, 5) is 40.8. The molecule has 144 valence electrons. The number of rotatable bonds is 5. The molecule has 0 atom stereocenters. The van der Waals surface area contributed by atoms with Crippen LogP contribution >= 0.6 is 11.6 Å². The van der Waals surface area contributed by atoms with E-state index in [0.29, 0.717) is 21.7 Å². The van der Waals surface area contributed by atoms with Crippen LogP contribution in [0.25, 0.3) is 10.9 Å². The highest BCUT2D eigenvalue weighted by Gasteiger charge is 2.14. The number of benzene rings is 2. The molecule has 0 fully saturated rings. The summed E-state index contributed by atoms with van der Waals surface area (Å²) in [5.74, 6) is -0.711. The normalized spacial score (nSPS) is 10.5. The topological polar surface area (TPSA) is 102 Å². The van der Waals surface area contributed by atoms with E-state index in [9.17, 15) is 14.4 Å². The van der Waals surface area contributed by atoms with Crippen LogP contribution in [-0.4, -0.2) is 28.5 Å². The molecule has 0 aliphatic carbocycles. The fourth-order valence-corrected chi connectivity index (χ4v) is 2.77. The molecule has 2 N–H and O–H groups in total. The van der Waals surface area contributed by atoms with Gasteiger partial charge < -0.3 is 4.74 Å². The van der Waals surface area contributed by atoms with Gasteiger partial charge in [-0.15, -0.1) is 0 Å². The maximum absolute atomic E-state index is 12.4. The third-order valence-corrected chi connectivity index (χ3v) is 4.27. The average Bonchev–Trinajstić information content (AvgIpc) is 2.71. The Bertz CT molecular complexity index is 1100. The molecular weight excluding hydrogens is 384 g/mol. The molecule has 0 radical (unpaired) electrons. The average molecular weight is 401 g/mol. The largest absolute Gasteiger partial charge is 0.496 e. The molecule has 0 aliphatic heterocycles. The number of carbonyl (C=O) groups is 2. The molecular formula is C19H17ClN4O4. The van der Waals surface area contributed by atoms with Crippen molar-refractivity contribution in [2.75, 3.05) is 7.11 Å². The summed E-state index contributed by atoms with van der Waals surface area (Å²) in [6, 6.07) is 11.5. The number of hydrogen-bond acceptors (Lipinski definition) is 5. The molecule has 2 aromatic carbocycles. The Kier molecular flexibility index (Phi) is 5.90. The van der Waals surface area contributed by atoms with Crippen LogP contribution < -0.4 is 21.1 Å². The van der Waals surface area contributed by atoms with Crippen molar-refractivity contribution in [2.45, 2.75) is 13.0 Å². The van der Waals surface area contributed by atoms with Crippen molar-refractivity contribution in [2.24, 2.45) is 0 Å². The number of carbonyl (C=O) groups excluding carboxylic acids is 2. The molecule has 1 aromatic heterocycles. The Morgan fingerprint density at radius 3 is 2.75 bits per heavy atom. The minimum Gasteiger partial charge on any atom is -0.496 e. The van der Waals surface area contributed by atoms with Crippen LogP contribution in [0.15, 0.2) is 53.6 Å². The van der Waals surface area contributed by atoms with Crippen LogP contribution in [0.4, 0.5) is 0 Å². The van der Waals surface area contributed by atoms with E-state index in [1.165, 1.54) is 24.1 Å². The minimum absolute atomic E-state index is 0.0209. The molecule has 0 saturated carbocycles. The van der Waals surface area contributed by atoms with Gasteiger partial charge in [0.2, 0.25) is 5.91 Å². The van der Waals surface area contributed by atoms with Gasteiger partial charge in [0, 0.05) is 18.0 Å². The fraction of sp³-hybridized carbons (Fsp3) is 0.158. The molecule has 0 saturated heterocycles. The molecule has 1 heterocycles. The first kappa shape index (κ1) is 19.4. The fourth-order valence-electron chi connectivity index (χ4n) is 2.60. The zero-order valence-electron chi connectivity index (χ0n) is 14.9. The van der Waals surface area contributed by atoms with Gasteiger partial charge in [0.1, 0.15) is 5.75 Å². The maximum atomic E-state index is 12.4. The first-order chi connectivity index (χ1) is 13.5. The number of fused-ring (bicyclic) bond motifs is 1. The second-order valence-corrected chi connectivity index (χ2v) is 6.29. The van der Waals surface area contributed by atoms with Gasteiger partial charge in [0.25, 0.3) is 11.5 Å². The lowest BCUT2D eigenvalue weighted by Gasteiger charge is -2.11. The standard InChI is InChI=1S/C19H17ClN4O4/c1-28-16-7-6-12(20)10-14(16)18(26)23-22-17(25)8-9-24-11-21-15-5-3-2-4-13(15)19(24)27/h2-7,10-11H,8-9H2,1H3,(H,22,25)(H,23,26). The Morgan fingerprint density at radius 1 is 1.18 bits per heavy atom. The van der Waals surface area contributed by atoms with Gasteiger partial charge in [0.05, 0.1) is 29.9 Å². The Morgan fingerprint density at radius 2 is 1.96 bits per heavy atom. The lowest BCUT2D eigenvalue weighted by molar-refractivity contribution is -0.122. The summed E-state index contributed by atoms with van der Waals surface area (Å²) >= 11 is 5.89. The highest BCUT2D eigenvalue weighted by atomic mass is 35.5. The van der Waals surface area contributed by atoms with Crippen molar-refractivity contribution in [1.29, 1.82) is 0 Å². The number of nitrogens with zero attached hydrogens (tertiary/aromatic N) is 2. The lowest BCUT2D eigenvalue weighted by Crippen LogP contribution is -2.42. The van der Waals surface area contributed by atoms with Gasteiger partial charge in [-0.2, -0.15) is 0 Å². The van der Waals surface area contributed by atoms with Crippen molar-refractivity contribution in [3.05, 3.63) is 69.7 Å². The van der Waals surface area contributed by atoms with Crippen LogP contribution in [0.1, 0.15) is 16.8 Å². The summed E-state index contributed by atoms with van der Waals surface area (Å²) in [7, 11) is 1.42. The molecule has 0 bridgehead atoms. The van der Waals surface area contributed by atoms with E-state index < -0.39 is 11.8 Å². The number of methoxy groups -OCH3 is 1. The van der Waals surface area contributed by atoms with Crippen molar-refractivity contribution in [1.82, 2.24) is 20.4 Å². The molecule has 0 unspecified atom stereocenters. The Hall–Kier alpha value is -3.39. The van der Waals surface area contributed by atoms with E-state index in [-0.39, 0.29) is 24.1 Å². The zero-order chi connectivity index (χ0) is 20.1. The summed E-state index contributed by atoms with van der Waals surface area (Å²) in [5.41, 5.74) is 5.16. The van der Waals surface area contributed by atoms with Gasteiger partial charge in [0.15, 0.2) is 0 Å². The van der Waals surface area contributed by atoms with E-state index in [4.69, 9.17) is 16.3 Å². The number of hydrazine groups is 1. The first-order valence-electron chi connectivity index (χ1n) is 8.36. The number of aromatic nitrogens is 2. The highest BCUT2D eigenvalue weighted by molar-refractivity contribution is 6.31. The van der Waals surface area contributed by atoms with Crippen molar-refractivity contribution >= 4 is 34.3 Å². The number of halogens is 1. The summed E-state index contributed by atoms with van der Waals surface area (Å²) < 4.78 is 6.46. The zero-order valence-corrected chi connectivity index (χ0v) is 15.7. The van der Waals surface area contributed by atoms with Crippen LogP contribution in [0.5, 0.6) is 5.75 Å². The second kappa shape index (κ2) is 8.53. The molecule has 3 aromatic rings. The molecule has 9 heteroatoms. The molecule has 8 nitrogen and oxygen atoms in total. The number of aryl methyl sites for hydroxylation is 1. The molecule has 3 rings (SSSR count). The van der Waals surface area contributed by atoms with Gasteiger partial charge in [-0.1, -0.05) is 23.7 Å². The van der Waals surface area contributed by atoms with Crippen LogP contribution in [0.3, 0.4) is 0 Å². The molecule has 0 spiro atoms. The number of nitrogens with one attached hydrogen (secondary N) is 2. The third-order valence-electron chi connectivity index (χ3n) is 4.03. The van der Waals surface area contributed by atoms with E-state index in [1.807, 2.05) is 0 Å². The smallest absolute Gasteiger partial charge is 0.273 e. The van der Waals surface area contributed by atoms with Crippen LogP contribution in [-0.2, 0) is 11.3 Å². The van der Waals surface area contributed by atoms with E-state index >= 15 is 0 Å². The van der Waals surface area contributed by atoms with Crippen LogP contribution in [0.2, 0.25) is 5.02 Å². The molecule has 2 amide bonds. The summed E-state index contributed by atoms with van der Waals surface area (Å²) in [6.07, 6.45) is 1.38. The number of amides is 2. The number of hydrogen-bond donors (Lipinski definition) is 2. The highest BCUT2D eigenvalue weighted by Crippen LogP contribution is 2.22. The first-order valence-corrected chi connectivity index (χ1v) is 8.74. The van der Waals surface area contributed by atoms with Crippen molar-refractivity contribution < 1.29 is 14.3 Å². The molecule has 0 aliphatic rings. The third kappa shape index (κ3) is 4.29. The van der Waals surface area contributed by atoms with Gasteiger partial charge in [-0.3, -0.25) is 29.8 Å². The predicted molar refractivity (Wildman–Crippen MR) is 104 cm³/mol. The Balaban J connectivity index is 1.60. The number of ether oxygens (including phenoxy) is 1. The summed E-state index contributed by atoms with van der Waals surface area (Å²) in [6.45, 7) is 0.124. The lowest BCUT2D eigenvalue weighted by atomic mass is 10.2. The van der Waals surface area contributed by atoms with Crippen molar-refractivity contribution in [3.8, 4) is 5.75 Å². The van der Waals surface area contributed by atoms with E-state index in [2.05, 4.69) is 15.8 Å². The van der Waals surface area contributed by atoms with E-state index in [0.717, 1.165) is 0 Å². The second-order valence-electron chi connectivity index (χ2n) is 5.86. The van der Waals surface area contributed by atoms with E-state index in [1.54, 1.807) is 36.4 Å². The minimum atomic E-state index is -0.572. The van der Waals surface area contributed by atoms with Gasteiger partial charge >= 0.3 is 0 Å².